The molecule has 0 heterocycles. The van der Waals surface area contributed by atoms with E-state index in [2.05, 4.69) is 64.4 Å². The Balaban J connectivity index is 2.53. The summed E-state index contributed by atoms with van der Waals surface area (Å²) >= 11 is 0. The molecule has 0 bridgehead atoms. The van der Waals surface area contributed by atoms with Gasteiger partial charge in [-0.2, -0.15) is 0 Å². The standard InChI is InChI=1S/C16H21P/c1-11-12(2)15(14-9-7-6-8-10-14)16(13(11)3)17(4)5/h6-10,15H,1-5H3. The Bertz CT molecular complexity index is 478. The molecule has 0 saturated heterocycles. The molecular formula is C16H21P. The zero-order valence-electron chi connectivity index (χ0n) is 11.4. The molecule has 0 spiro atoms. The number of benzene rings is 1. The summed E-state index contributed by atoms with van der Waals surface area (Å²) in [7, 11) is -0.0192. The molecule has 1 atom stereocenters. The minimum atomic E-state index is -0.0192. The van der Waals surface area contributed by atoms with Crippen LogP contribution in [0.4, 0.5) is 0 Å². The fourth-order valence-corrected chi connectivity index (χ4v) is 4.47. The first kappa shape index (κ1) is 12.6. The highest BCUT2D eigenvalue weighted by atomic mass is 31.1. The lowest BCUT2D eigenvalue weighted by atomic mass is 9.94. The molecule has 0 radical (unpaired) electrons. The van der Waals surface area contributed by atoms with Gasteiger partial charge in [0.05, 0.1) is 0 Å². The van der Waals surface area contributed by atoms with Crippen molar-refractivity contribution in [3.63, 3.8) is 0 Å². The third kappa shape index (κ3) is 2.11. The highest BCUT2D eigenvalue weighted by Crippen LogP contribution is 2.55. The first-order chi connectivity index (χ1) is 8.04. The maximum atomic E-state index is 2.37. The molecule has 0 saturated carbocycles. The third-order valence-corrected chi connectivity index (χ3v) is 5.42. The van der Waals surface area contributed by atoms with Gasteiger partial charge in [0.15, 0.2) is 0 Å². The monoisotopic (exact) mass is 244 g/mol. The van der Waals surface area contributed by atoms with E-state index >= 15 is 0 Å². The molecule has 1 heteroatoms. The van der Waals surface area contributed by atoms with Crippen molar-refractivity contribution in [3.8, 4) is 0 Å². The first-order valence-corrected chi connectivity index (χ1v) is 8.38. The average Bonchev–Trinajstić information content (AvgIpc) is 2.55. The van der Waals surface area contributed by atoms with Crippen molar-refractivity contribution < 1.29 is 0 Å². The van der Waals surface area contributed by atoms with Crippen molar-refractivity contribution >= 4 is 7.92 Å². The highest BCUT2D eigenvalue weighted by Gasteiger charge is 2.29. The summed E-state index contributed by atoms with van der Waals surface area (Å²) in [6, 6.07) is 10.9. The molecule has 17 heavy (non-hydrogen) atoms. The predicted molar refractivity (Wildman–Crippen MR) is 79.0 cm³/mol. The lowest BCUT2D eigenvalue weighted by molar-refractivity contribution is 0.985. The van der Waals surface area contributed by atoms with Crippen LogP contribution in [-0.2, 0) is 0 Å². The van der Waals surface area contributed by atoms with E-state index in [0.29, 0.717) is 5.92 Å². The van der Waals surface area contributed by atoms with Crippen LogP contribution in [-0.4, -0.2) is 13.3 Å². The lowest BCUT2D eigenvalue weighted by Crippen LogP contribution is -2.00. The second kappa shape index (κ2) is 4.78. The summed E-state index contributed by atoms with van der Waals surface area (Å²) in [6.07, 6.45) is 0. The Hall–Kier alpha value is -0.870. The summed E-state index contributed by atoms with van der Waals surface area (Å²) in [5.41, 5.74) is 6.03. The van der Waals surface area contributed by atoms with Gasteiger partial charge >= 0.3 is 0 Å². The van der Waals surface area contributed by atoms with Gasteiger partial charge in [-0.3, -0.25) is 0 Å². The van der Waals surface area contributed by atoms with Crippen LogP contribution in [0.5, 0.6) is 0 Å². The number of hydrogen-bond donors (Lipinski definition) is 0. The predicted octanol–water partition coefficient (Wildman–Crippen LogP) is 5.14. The molecule has 0 N–H and O–H groups in total. The smallest absolute Gasteiger partial charge is 0.0308 e. The minimum absolute atomic E-state index is 0.0192. The van der Waals surface area contributed by atoms with E-state index in [9.17, 15) is 0 Å². The topological polar surface area (TPSA) is 0 Å². The summed E-state index contributed by atoms with van der Waals surface area (Å²) in [4.78, 5) is 0. The van der Waals surface area contributed by atoms with Crippen LogP contribution in [0.1, 0.15) is 32.3 Å². The van der Waals surface area contributed by atoms with E-state index in [0.717, 1.165) is 0 Å². The summed E-state index contributed by atoms with van der Waals surface area (Å²) in [6.45, 7) is 11.6. The average molecular weight is 244 g/mol. The van der Waals surface area contributed by atoms with Crippen molar-refractivity contribution in [1.29, 1.82) is 0 Å². The fourth-order valence-electron chi connectivity index (χ4n) is 2.77. The Morgan fingerprint density at radius 2 is 1.47 bits per heavy atom. The maximum absolute atomic E-state index is 2.37. The van der Waals surface area contributed by atoms with Crippen LogP contribution in [0.3, 0.4) is 0 Å². The van der Waals surface area contributed by atoms with Crippen molar-refractivity contribution in [2.45, 2.75) is 26.7 Å². The molecular weight excluding hydrogens is 223 g/mol. The van der Waals surface area contributed by atoms with E-state index in [4.69, 9.17) is 0 Å². The van der Waals surface area contributed by atoms with Gasteiger partial charge in [-0.25, -0.2) is 0 Å². The van der Waals surface area contributed by atoms with Gasteiger partial charge in [-0.1, -0.05) is 43.8 Å². The molecule has 1 unspecified atom stereocenters. The van der Waals surface area contributed by atoms with Gasteiger partial charge in [0.2, 0.25) is 0 Å². The van der Waals surface area contributed by atoms with Crippen molar-refractivity contribution in [2.24, 2.45) is 0 Å². The quantitative estimate of drug-likeness (QED) is 0.632. The van der Waals surface area contributed by atoms with Crippen LogP contribution >= 0.6 is 7.92 Å². The summed E-state index contributed by atoms with van der Waals surface area (Å²) in [5, 5.41) is 1.67. The van der Waals surface area contributed by atoms with Gasteiger partial charge in [0.1, 0.15) is 0 Å². The highest BCUT2D eigenvalue weighted by molar-refractivity contribution is 7.60. The summed E-state index contributed by atoms with van der Waals surface area (Å²) < 4.78 is 0. The van der Waals surface area contributed by atoms with E-state index in [1.165, 1.54) is 16.7 Å². The molecule has 1 aromatic rings. The van der Waals surface area contributed by atoms with Gasteiger partial charge in [-0.05, 0) is 56.1 Å². The first-order valence-electron chi connectivity index (χ1n) is 6.14. The zero-order chi connectivity index (χ0) is 12.6. The third-order valence-electron chi connectivity index (χ3n) is 3.86. The van der Waals surface area contributed by atoms with Crippen molar-refractivity contribution in [2.75, 3.05) is 13.3 Å². The lowest BCUT2D eigenvalue weighted by Gasteiger charge is -2.21. The molecule has 1 aliphatic rings. The normalized spacial score (nSPS) is 20.7. The molecule has 0 fully saturated rings. The van der Waals surface area contributed by atoms with Crippen LogP contribution < -0.4 is 0 Å². The van der Waals surface area contributed by atoms with E-state index in [1.54, 1.807) is 10.9 Å². The number of rotatable bonds is 2. The summed E-state index contributed by atoms with van der Waals surface area (Å²) in [5.74, 6) is 0.539. The molecule has 0 amide bonds. The minimum Gasteiger partial charge on any atom is -0.0848 e. The molecule has 0 nitrogen and oxygen atoms in total. The molecule has 0 aromatic heterocycles. The fraction of sp³-hybridized carbons (Fsp3) is 0.375. The van der Waals surface area contributed by atoms with Gasteiger partial charge in [0.25, 0.3) is 0 Å². The van der Waals surface area contributed by atoms with Gasteiger partial charge in [-0.15, -0.1) is 0 Å². The SMILES string of the molecule is CC1=C(C)C(c2ccccc2)C(P(C)C)=C1C. The second-order valence-corrected chi connectivity index (χ2v) is 7.33. The Labute approximate surface area is 106 Å². The van der Waals surface area contributed by atoms with E-state index in [-0.39, 0.29) is 7.92 Å². The van der Waals surface area contributed by atoms with Crippen molar-refractivity contribution in [1.82, 2.24) is 0 Å². The van der Waals surface area contributed by atoms with E-state index in [1.807, 2.05) is 0 Å². The van der Waals surface area contributed by atoms with Crippen LogP contribution in [0.2, 0.25) is 0 Å². The number of allylic oxidation sites excluding steroid dienone is 4. The Morgan fingerprint density at radius 1 is 0.882 bits per heavy atom. The van der Waals surface area contributed by atoms with E-state index < -0.39 is 0 Å². The molecule has 1 aromatic carbocycles. The number of hydrogen-bond acceptors (Lipinski definition) is 0. The second-order valence-electron chi connectivity index (χ2n) is 5.06. The van der Waals surface area contributed by atoms with Crippen molar-refractivity contribution in [3.05, 3.63) is 57.9 Å². The van der Waals surface area contributed by atoms with Crippen LogP contribution in [0.25, 0.3) is 0 Å². The Morgan fingerprint density at radius 3 is 2.00 bits per heavy atom. The molecule has 2 rings (SSSR count). The molecule has 1 aliphatic carbocycles. The maximum Gasteiger partial charge on any atom is 0.0308 e. The molecule has 90 valence electrons. The van der Waals surface area contributed by atoms with Crippen LogP contribution in [0, 0.1) is 0 Å². The zero-order valence-corrected chi connectivity index (χ0v) is 12.3. The van der Waals surface area contributed by atoms with Gasteiger partial charge < -0.3 is 0 Å². The van der Waals surface area contributed by atoms with Crippen LogP contribution in [0.15, 0.2) is 52.4 Å². The Kier molecular flexibility index (Phi) is 3.54. The van der Waals surface area contributed by atoms with Gasteiger partial charge in [0, 0.05) is 5.92 Å². The largest absolute Gasteiger partial charge is 0.0848 e. The molecule has 0 aliphatic heterocycles.